The molecule has 1 unspecified atom stereocenters. The van der Waals surface area contributed by atoms with Gasteiger partial charge in [0.05, 0.1) is 10.6 Å². The Bertz CT molecular complexity index is 392. The molecular weight excluding hydrogens is 284 g/mol. The fourth-order valence-corrected chi connectivity index (χ4v) is 2.51. The van der Waals surface area contributed by atoms with Gasteiger partial charge >= 0.3 is 0 Å². The molecule has 0 aromatic heterocycles. The summed E-state index contributed by atoms with van der Waals surface area (Å²) < 4.78 is 11.5. The molecule has 0 aliphatic carbocycles. The maximum atomic E-state index is 10.1. The summed E-state index contributed by atoms with van der Waals surface area (Å²) in [5, 5.41) is 10.1. The summed E-state index contributed by atoms with van der Waals surface area (Å²) in [5.41, 5.74) is 0.886. The van der Waals surface area contributed by atoms with Gasteiger partial charge in [-0.05, 0) is 40.0 Å². The highest BCUT2D eigenvalue weighted by Gasteiger charge is 2.20. The molecule has 1 aromatic carbocycles. The van der Waals surface area contributed by atoms with E-state index >= 15 is 0 Å². The minimum atomic E-state index is -0.424. The van der Waals surface area contributed by atoms with E-state index in [1.165, 1.54) is 0 Å². The van der Waals surface area contributed by atoms with Crippen LogP contribution in [0.25, 0.3) is 0 Å². The van der Waals surface area contributed by atoms with Crippen molar-refractivity contribution in [3.63, 3.8) is 0 Å². The second-order valence-electron chi connectivity index (χ2n) is 4.25. The van der Waals surface area contributed by atoms with Crippen LogP contribution in [0.5, 0.6) is 11.5 Å². The average molecular weight is 301 g/mol. The molecule has 4 heteroatoms. The van der Waals surface area contributed by atoms with Crippen LogP contribution >= 0.6 is 15.9 Å². The number of unbranched alkanes of at least 4 members (excludes halogenated alkanes) is 2. The Balaban J connectivity index is 2.08. The molecule has 0 amide bonds. The lowest BCUT2D eigenvalue weighted by Crippen LogP contribution is -1.97. The number of fused-ring (bicyclic) bond motifs is 1. The van der Waals surface area contributed by atoms with Crippen molar-refractivity contribution < 1.29 is 14.6 Å². The zero-order valence-electron chi connectivity index (χ0n) is 9.91. The molecule has 1 N–H and O–H groups in total. The van der Waals surface area contributed by atoms with E-state index in [0.717, 1.165) is 41.5 Å². The molecule has 1 aliphatic heterocycles. The van der Waals surface area contributed by atoms with Crippen molar-refractivity contribution in [2.45, 2.75) is 38.7 Å². The molecule has 0 saturated heterocycles. The number of halogens is 1. The number of benzene rings is 1. The summed E-state index contributed by atoms with van der Waals surface area (Å²) in [7, 11) is 0. The Hall–Kier alpha value is -0.740. The van der Waals surface area contributed by atoms with E-state index in [1.54, 1.807) is 0 Å². The maximum absolute atomic E-state index is 10.1. The molecule has 0 radical (unpaired) electrons. The van der Waals surface area contributed by atoms with Gasteiger partial charge in [-0.15, -0.1) is 0 Å². The van der Waals surface area contributed by atoms with Gasteiger partial charge in [0.2, 0.25) is 6.79 Å². The standard InChI is InChI=1S/C13H17BrO3/c1-2-3-4-5-11(15)9-6-10(14)13-12(7-9)16-8-17-13/h6-7,11,15H,2-5,8H2,1H3. The molecule has 17 heavy (non-hydrogen) atoms. The van der Waals surface area contributed by atoms with Crippen molar-refractivity contribution in [1.29, 1.82) is 0 Å². The molecule has 0 fully saturated rings. The minimum absolute atomic E-state index is 0.253. The van der Waals surface area contributed by atoms with E-state index in [2.05, 4.69) is 22.9 Å². The predicted molar refractivity (Wildman–Crippen MR) is 69.4 cm³/mol. The third kappa shape index (κ3) is 2.93. The zero-order chi connectivity index (χ0) is 12.3. The van der Waals surface area contributed by atoms with Crippen LogP contribution in [0.15, 0.2) is 16.6 Å². The molecule has 1 atom stereocenters. The summed E-state index contributed by atoms with van der Waals surface area (Å²) in [6, 6.07) is 3.77. The first-order valence-electron chi connectivity index (χ1n) is 5.99. The lowest BCUT2D eigenvalue weighted by molar-refractivity contribution is 0.162. The first-order chi connectivity index (χ1) is 8.22. The fraction of sp³-hybridized carbons (Fsp3) is 0.538. The third-order valence-electron chi connectivity index (χ3n) is 2.92. The largest absolute Gasteiger partial charge is 0.454 e. The summed E-state index contributed by atoms with van der Waals surface area (Å²) in [6.45, 7) is 2.41. The first kappa shape index (κ1) is 12.7. The Morgan fingerprint density at radius 3 is 2.94 bits per heavy atom. The second kappa shape index (κ2) is 5.74. The van der Waals surface area contributed by atoms with Crippen LogP contribution < -0.4 is 9.47 Å². The molecular formula is C13H17BrO3. The van der Waals surface area contributed by atoms with E-state index in [9.17, 15) is 5.11 Å². The highest BCUT2D eigenvalue weighted by molar-refractivity contribution is 9.10. The molecule has 2 rings (SSSR count). The quantitative estimate of drug-likeness (QED) is 0.841. The third-order valence-corrected chi connectivity index (χ3v) is 3.50. The van der Waals surface area contributed by atoms with Crippen molar-refractivity contribution in [3.05, 3.63) is 22.2 Å². The number of ether oxygens (including phenoxy) is 2. The van der Waals surface area contributed by atoms with Gasteiger partial charge in [0.25, 0.3) is 0 Å². The van der Waals surface area contributed by atoms with E-state index in [0.29, 0.717) is 5.75 Å². The predicted octanol–water partition coefficient (Wildman–Crippen LogP) is 3.79. The lowest BCUT2D eigenvalue weighted by atomic mass is 10.0. The van der Waals surface area contributed by atoms with Crippen LogP contribution in [0.3, 0.4) is 0 Å². The Morgan fingerprint density at radius 1 is 1.35 bits per heavy atom. The van der Waals surface area contributed by atoms with Crippen molar-refractivity contribution >= 4 is 15.9 Å². The maximum Gasteiger partial charge on any atom is 0.231 e. The molecule has 3 nitrogen and oxygen atoms in total. The summed E-state index contributed by atoms with van der Waals surface area (Å²) in [6.07, 6.45) is 3.73. The highest BCUT2D eigenvalue weighted by atomic mass is 79.9. The Labute approximate surface area is 110 Å². The summed E-state index contributed by atoms with van der Waals surface area (Å²) in [4.78, 5) is 0. The van der Waals surface area contributed by atoms with Crippen LogP contribution in [0.1, 0.15) is 44.3 Å². The number of aliphatic hydroxyl groups is 1. The molecule has 94 valence electrons. The normalized spacial score (nSPS) is 15.0. The lowest BCUT2D eigenvalue weighted by Gasteiger charge is -2.12. The van der Waals surface area contributed by atoms with E-state index in [1.807, 2.05) is 12.1 Å². The summed E-state index contributed by atoms with van der Waals surface area (Å²) in [5.74, 6) is 1.44. The van der Waals surface area contributed by atoms with E-state index in [4.69, 9.17) is 9.47 Å². The molecule has 0 saturated carbocycles. The average Bonchev–Trinajstić information content (AvgIpc) is 2.77. The van der Waals surface area contributed by atoms with Crippen LogP contribution in [-0.2, 0) is 0 Å². The highest BCUT2D eigenvalue weighted by Crippen LogP contribution is 2.41. The van der Waals surface area contributed by atoms with E-state index < -0.39 is 6.10 Å². The van der Waals surface area contributed by atoms with Crippen LogP contribution in [0.4, 0.5) is 0 Å². The zero-order valence-corrected chi connectivity index (χ0v) is 11.5. The van der Waals surface area contributed by atoms with E-state index in [-0.39, 0.29) is 6.79 Å². The molecule has 0 bridgehead atoms. The Kier molecular flexibility index (Phi) is 4.29. The van der Waals surface area contributed by atoms with Gasteiger partial charge in [-0.3, -0.25) is 0 Å². The van der Waals surface area contributed by atoms with Gasteiger partial charge in [-0.1, -0.05) is 26.2 Å². The van der Waals surface area contributed by atoms with Gasteiger partial charge < -0.3 is 14.6 Å². The smallest absolute Gasteiger partial charge is 0.231 e. The first-order valence-corrected chi connectivity index (χ1v) is 6.78. The van der Waals surface area contributed by atoms with Gasteiger partial charge in [-0.25, -0.2) is 0 Å². The van der Waals surface area contributed by atoms with Crippen LogP contribution in [0, 0.1) is 0 Å². The molecule has 1 aromatic rings. The van der Waals surface area contributed by atoms with Gasteiger partial charge in [0.1, 0.15) is 0 Å². The van der Waals surface area contributed by atoms with Crippen molar-refractivity contribution in [1.82, 2.24) is 0 Å². The van der Waals surface area contributed by atoms with Gasteiger partial charge in [-0.2, -0.15) is 0 Å². The Morgan fingerprint density at radius 2 is 2.18 bits per heavy atom. The molecule has 1 heterocycles. The number of hydrogen-bond donors (Lipinski definition) is 1. The monoisotopic (exact) mass is 300 g/mol. The van der Waals surface area contributed by atoms with Crippen molar-refractivity contribution in [2.75, 3.05) is 6.79 Å². The fourth-order valence-electron chi connectivity index (χ4n) is 1.93. The SMILES string of the molecule is CCCCCC(O)c1cc(Br)c2c(c1)OCO2. The summed E-state index contributed by atoms with van der Waals surface area (Å²) >= 11 is 3.43. The van der Waals surface area contributed by atoms with Crippen molar-refractivity contribution in [2.24, 2.45) is 0 Å². The molecule has 1 aliphatic rings. The number of rotatable bonds is 5. The van der Waals surface area contributed by atoms with Crippen LogP contribution in [0.2, 0.25) is 0 Å². The second-order valence-corrected chi connectivity index (χ2v) is 5.10. The number of aliphatic hydroxyl groups excluding tert-OH is 1. The van der Waals surface area contributed by atoms with Crippen molar-refractivity contribution in [3.8, 4) is 11.5 Å². The minimum Gasteiger partial charge on any atom is -0.454 e. The van der Waals surface area contributed by atoms with Gasteiger partial charge in [0.15, 0.2) is 11.5 Å². The van der Waals surface area contributed by atoms with Crippen LogP contribution in [-0.4, -0.2) is 11.9 Å². The van der Waals surface area contributed by atoms with Gasteiger partial charge in [0, 0.05) is 0 Å². The number of hydrogen-bond acceptors (Lipinski definition) is 3. The topological polar surface area (TPSA) is 38.7 Å². The molecule has 0 spiro atoms.